The zero-order valence-electron chi connectivity index (χ0n) is 10.1. The van der Waals surface area contributed by atoms with Crippen LogP contribution in [0.4, 0.5) is 0 Å². The maximum atomic E-state index is 6.36. The molecule has 1 aliphatic rings. The molecule has 84 valence electrons. The van der Waals surface area contributed by atoms with Crippen molar-refractivity contribution in [2.75, 3.05) is 0 Å². The van der Waals surface area contributed by atoms with Crippen molar-refractivity contribution in [1.82, 2.24) is 0 Å². The Labute approximate surface area is 89.5 Å². The molecule has 1 nitrogen and oxygen atoms in total. The second kappa shape index (κ2) is 5.75. The fraction of sp³-hybridized carbons (Fsp3) is 1.00. The molecule has 1 saturated carbocycles. The molecule has 1 unspecified atom stereocenters. The van der Waals surface area contributed by atoms with E-state index in [9.17, 15) is 0 Å². The smallest absolute Gasteiger partial charge is 0.00954 e. The van der Waals surface area contributed by atoms with Crippen LogP contribution in [0.5, 0.6) is 0 Å². The normalized spacial score (nSPS) is 30.6. The van der Waals surface area contributed by atoms with Crippen molar-refractivity contribution < 1.29 is 0 Å². The SMILES string of the molecule is CCC(CC)C(N)C1CCC(C)CC1. The first-order valence-corrected chi connectivity index (χ1v) is 6.44. The number of hydrogen-bond donors (Lipinski definition) is 1. The Hall–Kier alpha value is -0.0400. The van der Waals surface area contributed by atoms with Crippen molar-refractivity contribution in [1.29, 1.82) is 0 Å². The third-order valence-electron chi connectivity index (χ3n) is 4.20. The molecule has 0 spiro atoms. The number of rotatable bonds is 4. The Balaban J connectivity index is 2.39. The van der Waals surface area contributed by atoms with Gasteiger partial charge >= 0.3 is 0 Å². The van der Waals surface area contributed by atoms with Gasteiger partial charge in [-0.05, 0) is 30.6 Å². The highest BCUT2D eigenvalue weighted by Gasteiger charge is 2.27. The van der Waals surface area contributed by atoms with Gasteiger partial charge in [-0.15, -0.1) is 0 Å². The van der Waals surface area contributed by atoms with Crippen molar-refractivity contribution >= 4 is 0 Å². The summed E-state index contributed by atoms with van der Waals surface area (Å²) in [6, 6.07) is 0.470. The van der Waals surface area contributed by atoms with Crippen LogP contribution in [0.2, 0.25) is 0 Å². The second-order valence-electron chi connectivity index (χ2n) is 5.17. The van der Waals surface area contributed by atoms with Crippen LogP contribution < -0.4 is 5.73 Å². The minimum atomic E-state index is 0.470. The molecule has 1 atom stereocenters. The van der Waals surface area contributed by atoms with Crippen LogP contribution in [0.25, 0.3) is 0 Å². The minimum Gasteiger partial charge on any atom is -0.327 e. The van der Waals surface area contributed by atoms with Crippen molar-refractivity contribution in [2.45, 2.75) is 65.3 Å². The zero-order valence-corrected chi connectivity index (χ0v) is 10.1. The van der Waals surface area contributed by atoms with E-state index in [4.69, 9.17) is 5.73 Å². The molecule has 0 heterocycles. The summed E-state index contributed by atoms with van der Waals surface area (Å²) in [7, 11) is 0. The molecule has 1 heteroatoms. The summed E-state index contributed by atoms with van der Waals surface area (Å²) in [4.78, 5) is 0. The van der Waals surface area contributed by atoms with Gasteiger partial charge in [0.05, 0.1) is 0 Å². The van der Waals surface area contributed by atoms with E-state index in [2.05, 4.69) is 20.8 Å². The van der Waals surface area contributed by atoms with Gasteiger partial charge in [0.25, 0.3) is 0 Å². The first-order valence-electron chi connectivity index (χ1n) is 6.44. The molecule has 14 heavy (non-hydrogen) atoms. The van der Waals surface area contributed by atoms with Crippen molar-refractivity contribution in [3.8, 4) is 0 Å². The van der Waals surface area contributed by atoms with Gasteiger partial charge in [0.1, 0.15) is 0 Å². The molecule has 0 bridgehead atoms. The third-order valence-corrected chi connectivity index (χ3v) is 4.20. The van der Waals surface area contributed by atoms with Crippen LogP contribution in [0.1, 0.15) is 59.3 Å². The van der Waals surface area contributed by atoms with Gasteiger partial charge in [0.2, 0.25) is 0 Å². The molecule has 0 amide bonds. The van der Waals surface area contributed by atoms with E-state index < -0.39 is 0 Å². The second-order valence-corrected chi connectivity index (χ2v) is 5.17. The molecule has 0 aromatic carbocycles. The summed E-state index contributed by atoms with van der Waals surface area (Å²) < 4.78 is 0. The maximum absolute atomic E-state index is 6.36. The predicted octanol–water partition coefficient (Wildman–Crippen LogP) is 3.58. The molecule has 0 aliphatic heterocycles. The Morgan fingerprint density at radius 3 is 2.00 bits per heavy atom. The largest absolute Gasteiger partial charge is 0.327 e. The summed E-state index contributed by atoms with van der Waals surface area (Å²) in [5, 5.41) is 0. The van der Waals surface area contributed by atoms with E-state index in [1.54, 1.807) is 0 Å². The third kappa shape index (κ3) is 2.98. The fourth-order valence-corrected chi connectivity index (χ4v) is 2.89. The first kappa shape index (κ1) is 12.0. The average Bonchev–Trinajstić information content (AvgIpc) is 2.20. The van der Waals surface area contributed by atoms with Crippen molar-refractivity contribution in [2.24, 2.45) is 23.5 Å². The van der Waals surface area contributed by atoms with E-state index >= 15 is 0 Å². The molecule has 0 aromatic heterocycles. The fourth-order valence-electron chi connectivity index (χ4n) is 2.89. The lowest BCUT2D eigenvalue weighted by molar-refractivity contribution is 0.206. The summed E-state index contributed by atoms with van der Waals surface area (Å²) >= 11 is 0. The Morgan fingerprint density at radius 1 is 1.07 bits per heavy atom. The zero-order chi connectivity index (χ0) is 10.6. The maximum Gasteiger partial charge on any atom is 0.00954 e. The molecule has 1 aliphatic carbocycles. The van der Waals surface area contributed by atoms with Crippen LogP contribution in [0, 0.1) is 17.8 Å². The van der Waals surface area contributed by atoms with Crippen LogP contribution in [-0.4, -0.2) is 6.04 Å². The van der Waals surface area contributed by atoms with Gasteiger partial charge in [0, 0.05) is 6.04 Å². The number of hydrogen-bond acceptors (Lipinski definition) is 1. The Morgan fingerprint density at radius 2 is 1.57 bits per heavy atom. The minimum absolute atomic E-state index is 0.470. The first-order chi connectivity index (χ1) is 6.69. The molecule has 0 aromatic rings. The quantitative estimate of drug-likeness (QED) is 0.732. The van der Waals surface area contributed by atoms with Crippen LogP contribution in [0.3, 0.4) is 0 Å². The standard InChI is InChI=1S/C13H27N/c1-4-11(5-2)13(14)12-8-6-10(3)7-9-12/h10-13H,4-9,14H2,1-3H3. The summed E-state index contributed by atoms with van der Waals surface area (Å²) in [6.45, 7) is 6.93. The van der Waals surface area contributed by atoms with Gasteiger partial charge in [-0.3, -0.25) is 0 Å². The monoisotopic (exact) mass is 197 g/mol. The van der Waals surface area contributed by atoms with Gasteiger partial charge in [-0.2, -0.15) is 0 Å². The highest BCUT2D eigenvalue weighted by atomic mass is 14.7. The Bertz CT molecular complexity index is 143. The van der Waals surface area contributed by atoms with Crippen molar-refractivity contribution in [3.05, 3.63) is 0 Å². The van der Waals surface area contributed by atoms with E-state index in [1.165, 1.54) is 38.5 Å². The summed E-state index contributed by atoms with van der Waals surface area (Å²) in [5.74, 6) is 2.52. The van der Waals surface area contributed by atoms with Gasteiger partial charge < -0.3 is 5.73 Å². The highest BCUT2D eigenvalue weighted by molar-refractivity contribution is 4.82. The van der Waals surface area contributed by atoms with E-state index in [0.29, 0.717) is 6.04 Å². The lowest BCUT2D eigenvalue weighted by Gasteiger charge is -2.34. The van der Waals surface area contributed by atoms with Gasteiger partial charge in [0.15, 0.2) is 0 Å². The van der Waals surface area contributed by atoms with E-state index in [0.717, 1.165) is 17.8 Å². The van der Waals surface area contributed by atoms with Crippen LogP contribution in [0.15, 0.2) is 0 Å². The van der Waals surface area contributed by atoms with Gasteiger partial charge in [-0.25, -0.2) is 0 Å². The molecular formula is C13H27N. The molecule has 1 fully saturated rings. The molecule has 0 saturated heterocycles. The lowest BCUT2D eigenvalue weighted by atomic mass is 9.75. The van der Waals surface area contributed by atoms with Crippen LogP contribution >= 0.6 is 0 Å². The predicted molar refractivity (Wildman–Crippen MR) is 63.2 cm³/mol. The topological polar surface area (TPSA) is 26.0 Å². The van der Waals surface area contributed by atoms with Gasteiger partial charge in [-0.1, -0.05) is 46.5 Å². The number of nitrogens with two attached hydrogens (primary N) is 1. The summed E-state index contributed by atoms with van der Waals surface area (Å²) in [6.07, 6.45) is 8.06. The Kier molecular flexibility index (Phi) is 4.94. The molecule has 2 N–H and O–H groups in total. The summed E-state index contributed by atoms with van der Waals surface area (Å²) in [5.41, 5.74) is 6.36. The molecular weight excluding hydrogens is 170 g/mol. The van der Waals surface area contributed by atoms with E-state index in [1.807, 2.05) is 0 Å². The lowest BCUT2D eigenvalue weighted by Crippen LogP contribution is -2.38. The van der Waals surface area contributed by atoms with Crippen molar-refractivity contribution in [3.63, 3.8) is 0 Å². The molecule has 0 radical (unpaired) electrons. The van der Waals surface area contributed by atoms with E-state index in [-0.39, 0.29) is 0 Å². The van der Waals surface area contributed by atoms with Crippen LogP contribution in [-0.2, 0) is 0 Å². The average molecular weight is 197 g/mol. The molecule has 1 rings (SSSR count). The highest BCUT2D eigenvalue weighted by Crippen LogP contribution is 2.33.